The first kappa shape index (κ1) is 11.3. The Morgan fingerprint density at radius 1 is 1.57 bits per heavy atom. The van der Waals surface area contributed by atoms with E-state index in [2.05, 4.69) is 11.9 Å². The monoisotopic (exact) mass is 215 g/mol. The molecule has 1 aromatic heterocycles. The molecule has 0 fully saturated rings. The van der Waals surface area contributed by atoms with E-state index in [4.69, 9.17) is 20.8 Å². The molecule has 3 nitrogen and oxygen atoms in total. The summed E-state index contributed by atoms with van der Waals surface area (Å²) < 4.78 is 10.4. The second kappa shape index (κ2) is 5.86. The van der Waals surface area contributed by atoms with Crippen LogP contribution in [-0.4, -0.2) is 13.7 Å². The normalized spacial score (nSPS) is 10.4. The van der Waals surface area contributed by atoms with Gasteiger partial charge in [0.1, 0.15) is 18.1 Å². The predicted molar refractivity (Wildman–Crippen MR) is 56.1 cm³/mol. The van der Waals surface area contributed by atoms with Crippen LogP contribution in [0.3, 0.4) is 0 Å². The van der Waals surface area contributed by atoms with Gasteiger partial charge in [0.15, 0.2) is 0 Å². The number of hydrogen-bond acceptors (Lipinski definition) is 3. The van der Waals surface area contributed by atoms with Crippen molar-refractivity contribution in [1.29, 1.82) is 0 Å². The van der Waals surface area contributed by atoms with Gasteiger partial charge < -0.3 is 14.5 Å². The van der Waals surface area contributed by atoms with Gasteiger partial charge in [-0.3, -0.25) is 0 Å². The molecule has 0 unspecified atom stereocenters. The van der Waals surface area contributed by atoms with Crippen LogP contribution in [0.5, 0.6) is 0 Å². The van der Waals surface area contributed by atoms with Crippen LogP contribution in [0.1, 0.15) is 11.5 Å². The number of nitrogens with one attached hydrogen (secondary N) is 1. The summed E-state index contributed by atoms with van der Waals surface area (Å²) in [5, 5.41) is 3.68. The van der Waals surface area contributed by atoms with Crippen LogP contribution in [0.25, 0.3) is 0 Å². The lowest BCUT2D eigenvalue weighted by Gasteiger charge is -1.99. The summed E-state index contributed by atoms with van der Waals surface area (Å²) in [6.45, 7) is 5.31. The van der Waals surface area contributed by atoms with Gasteiger partial charge in [-0.1, -0.05) is 18.2 Å². The third kappa shape index (κ3) is 3.96. The molecule has 4 heteroatoms. The Hall–Kier alpha value is -0.770. The van der Waals surface area contributed by atoms with Crippen LogP contribution in [0, 0.1) is 0 Å². The quantitative estimate of drug-likeness (QED) is 0.791. The standard InChI is InChI=1S/C10H14ClNO2/c1-8(11)5-12-6-9-3-4-10(14-9)7-13-2/h3-4,12H,1,5-7H2,2H3. The number of halogens is 1. The van der Waals surface area contributed by atoms with E-state index in [1.54, 1.807) is 7.11 Å². The molecule has 0 aliphatic rings. The summed E-state index contributed by atoms with van der Waals surface area (Å²) in [6.07, 6.45) is 0. The van der Waals surface area contributed by atoms with Gasteiger partial charge in [-0.2, -0.15) is 0 Å². The minimum absolute atomic E-state index is 0.502. The number of rotatable bonds is 6. The fourth-order valence-electron chi connectivity index (χ4n) is 1.06. The number of hydrogen-bond donors (Lipinski definition) is 1. The highest BCUT2D eigenvalue weighted by atomic mass is 35.5. The lowest BCUT2D eigenvalue weighted by molar-refractivity contribution is 0.162. The molecule has 0 amide bonds. The molecule has 14 heavy (non-hydrogen) atoms. The molecule has 0 atom stereocenters. The minimum atomic E-state index is 0.502. The van der Waals surface area contributed by atoms with Crippen molar-refractivity contribution in [1.82, 2.24) is 5.32 Å². The van der Waals surface area contributed by atoms with Crippen molar-refractivity contribution < 1.29 is 9.15 Å². The highest BCUT2D eigenvalue weighted by molar-refractivity contribution is 6.29. The topological polar surface area (TPSA) is 34.4 Å². The van der Waals surface area contributed by atoms with Crippen molar-refractivity contribution in [3.8, 4) is 0 Å². The summed E-state index contributed by atoms with van der Waals surface area (Å²) in [4.78, 5) is 0. The molecule has 0 spiro atoms. The summed E-state index contributed by atoms with van der Waals surface area (Å²) in [5.74, 6) is 1.70. The molecule has 0 aliphatic carbocycles. The predicted octanol–water partition coefficient (Wildman–Crippen LogP) is 2.27. The van der Waals surface area contributed by atoms with Crippen LogP contribution in [-0.2, 0) is 17.9 Å². The second-order valence-electron chi connectivity index (χ2n) is 2.92. The maximum Gasteiger partial charge on any atom is 0.129 e. The fourth-order valence-corrected chi connectivity index (χ4v) is 1.15. The Morgan fingerprint density at radius 2 is 2.29 bits per heavy atom. The lowest BCUT2D eigenvalue weighted by atomic mass is 10.4. The zero-order valence-corrected chi connectivity index (χ0v) is 8.93. The minimum Gasteiger partial charge on any atom is -0.462 e. The van der Waals surface area contributed by atoms with Gasteiger partial charge >= 0.3 is 0 Å². The molecular weight excluding hydrogens is 202 g/mol. The first-order valence-corrected chi connectivity index (χ1v) is 4.70. The van der Waals surface area contributed by atoms with E-state index in [-0.39, 0.29) is 0 Å². The Kier molecular flexibility index (Phi) is 4.73. The molecule has 1 heterocycles. The molecule has 1 aromatic rings. The molecule has 0 radical (unpaired) electrons. The second-order valence-corrected chi connectivity index (χ2v) is 3.46. The zero-order chi connectivity index (χ0) is 10.4. The van der Waals surface area contributed by atoms with Gasteiger partial charge in [0, 0.05) is 18.7 Å². The van der Waals surface area contributed by atoms with E-state index in [1.807, 2.05) is 12.1 Å². The molecule has 1 N–H and O–H groups in total. The first-order chi connectivity index (χ1) is 6.72. The molecule has 0 aliphatic heterocycles. The fraction of sp³-hybridized carbons (Fsp3) is 0.400. The Balaban J connectivity index is 2.32. The van der Waals surface area contributed by atoms with Crippen molar-refractivity contribution in [3.05, 3.63) is 35.3 Å². The third-order valence-electron chi connectivity index (χ3n) is 1.62. The molecule has 78 valence electrons. The third-order valence-corrected chi connectivity index (χ3v) is 1.75. The van der Waals surface area contributed by atoms with Gasteiger partial charge in [0.2, 0.25) is 0 Å². The van der Waals surface area contributed by atoms with E-state index < -0.39 is 0 Å². The molecule has 0 saturated carbocycles. The largest absolute Gasteiger partial charge is 0.462 e. The molecule has 0 aromatic carbocycles. The van der Waals surface area contributed by atoms with Gasteiger partial charge in [0.05, 0.1) is 6.54 Å². The Morgan fingerprint density at radius 3 is 2.93 bits per heavy atom. The van der Waals surface area contributed by atoms with Gasteiger partial charge in [-0.15, -0.1) is 0 Å². The van der Waals surface area contributed by atoms with E-state index in [9.17, 15) is 0 Å². The van der Waals surface area contributed by atoms with Crippen molar-refractivity contribution in [3.63, 3.8) is 0 Å². The lowest BCUT2D eigenvalue weighted by Crippen LogP contribution is -2.13. The van der Waals surface area contributed by atoms with Crippen LogP contribution < -0.4 is 5.32 Å². The van der Waals surface area contributed by atoms with Crippen molar-refractivity contribution in [2.45, 2.75) is 13.2 Å². The Labute approximate surface area is 88.7 Å². The zero-order valence-electron chi connectivity index (χ0n) is 8.18. The molecule has 1 rings (SSSR count). The van der Waals surface area contributed by atoms with Crippen LogP contribution in [0.15, 0.2) is 28.2 Å². The molecular formula is C10H14ClNO2. The van der Waals surface area contributed by atoms with Crippen molar-refractivity contribution in [2.75, 3.05) is 13.7 Å². The van der Waals surface area contributed by atoms with E-state index >= 15 is 0 Å². The van der Waals surface area contributed by atoms with Gasteiger partial charge in [-0.05, 0) is 12.1 Å². The number of furan rings is 1. The van der Waals surface area contributed by atoms with Crippen LogP contribution >= 0.6 is 11.6 Å². The van der Waals surface area contributed by atoms with E-state index in [0.717, 1.165) is 11.5 Å². The highest BCUT2D eigenvalue weighted by Crippen LogP contribution is 2.08. The summed E-state index contributed by atoms with van der Waals surface area (Å²) in [5.41, 5.74) is 0. The maximum atomic E-state index is 5.59. The Bertz CT molecular complexity index is 296. The summed E-state index contributed by atoms with van der Waals surface area (Å²) >= 11 is 5.59. The average Bonchev–Trinajstić information content (AvgIpc) is 2.53. The molecule has 0 bridgehead atoms. The van der Waals surface area contributed by atoms with Crippen LogP contribution in [0.2, 0.25) is 0 Å². The highest BCUT2D eigenvalue weighted by Gasteiger charge is 2.00. The van der Waals surface area contributed by atoms with Gasteiger partial charge in [-0.25, -0.2) is 0 Å². The van der Waals surface area contributed by atoms with Crippen LogP contribution in [0.4, 0.5) is 0 Å². The SMILES string of the molecule is C=C(Cl)CNCc1ccc(COC)o1. The first-order valence-electron chi connectivity index (χ1n) is 4.33. The smallest absolute Gasteiger partial charge is 0.129 e. The number of methoxy groups -OCH3 is 1. The van der Waals surface area contributed by atoms with Crippen molar-refractivity contribution >= 4 is 11.6 Å². The van der Waals surface area contributed by atoms with Crippen molar-refractivity contribution in [2.24, 2.45) is 0 Å². The van der Waals surface area contributed by atoms with Gasteiger partial charge in [0.25, 0.3) is 0 Å². The number of ether oxygens (including phenoxy) is 1. The van der Waals surface area contributed by atoms with E-state index in [1.165, 1.54) is 0 Å². The summed E-state index contributed by atoms with van der Waals surface area (Å²) in [7, 11) is 1.64. The maximum absolute atomic E-state index is 5.59. The average molecular weight is 216 g/mol. The molecule has 0 saturated heterocycles. The summed E-state index contributed by atoms with van der Waals surface area (Å²) in [6, 6.07) is 3.81. The van der Waals surface area contributed by atoms with E-state index in [0.29, 0.717) is 24.7 Å².